The van der Waals surface area contributed by atoms with Crippen LogP contribution in [0.25, 0.3) is 0 Å². The fraction of sp³-hybridized carbons (Fsp3) is 0.800. The molecule has 0 aromatic heterocycles. The molecule has 0 aliphatic carbocycles. The number of aliphatic hydroxyl groups excluding tert-OH is 1. The second kappa shape index (κ2) is 5.36. The van der Waals surface area contributed by atoms with Gasteiger partial charge in [-0.3, -0.25) is 0 Å². The van der Waals surface area contributed by atoms with Crippen LogP contribution in [-0.4, -0.2) is 11.2 Å². The zero-order valence-corrected chi connectivity index (χ0v) is 8.09. The van der Waals surface area contributed by atoms with Gasteiger partial charge in [0, 0.05) is 0 Å². The quantitative estimate of drug-likeness (QED) is 0.620. The highest BCUT2D eigenvalue weighted by atomic mass is 16.3. The molecular formula is C10H20O. The lowest BCUT2D eigenvalue weighted by Gasteiger charge is -2.11. The molecular weight excluding hydrogens is 136 g/mol. The fourth-order valence-electron chi connectivity index (χ4n) is 0.738. The van der Waals surface area contributed by atoms with E-state index in [2.05, 4.69) is 19.9 Å². The molecule has 0 aliphatic heterocycles. The first-order chi connectivity index (χ1) is 5.07. The van der Waals surface area contributed by atoms with Crippen molar-refractivity contribution in [3.8, 4) is 0 Å². The van der Waals surface area contributed by atoms with Gasteiger partial charge in [0.05, 0.1) is 6.10 Å². The summed E-state index contributed by atoms with van der Waals surface area (Å²) in [6.07, 6.45) is 3.85. The Balaban J connectivity index is 3.68. The minimum Gasteiger partial charge on any atom is -0.393 e. The van der Waals surface area contributed by atoms with Crippen LogP contribution >= 0.6 is 0 Å². The highest BCUT2D eigenvalue weighted by Gasteiger charge is 2.05. The van der Waals surface area contributed by atoms with Crippen molar-refractivity contribution >= 4 is 0 Å². The molecule has 1 heteroatoms. The zero-order valence-electron chi connectivity index (χ0n) is 8.09. The van der Waals surface area contributed by atoms with Crippen molar-refractivity contribution in [1.29, 1.82) is 0 Å². The summed E-state index contributed by atoms with van der Waals surface area (Å²) in [5.41, 5.74) is 1.37. The summed E-state index contributed by atoms with van der Waals surface area (Å²) in [5.74, 6) is 0.371. The molecule has 1 atom stereocenters. The van der Waals surface area contributed by atoms with Crippen LogP contribution in [0.5, 0.6) is 0 Å². The zero-order chi connectivity index (χ0) is 8.85. The van der Waals surface area contributed by atoms with Crippen LogP contribution in [0, 0.1) is 5.92 Å². The summed E-state index contributed by atoms with van der Waals surface area (Å²) in [4.78, 5) is 0. The van der Waals surface area contributed by atoms with E-state index in [0.29, 0.717) is 5.92 Å². The summed E-state index contributed by atoms with van der Waals surface area (Å²) in [5, 5.41) is 9.43. The molecule has 0 aromatic carbocycles. The van der Waals surface area contributed by atoms with E-state index in [-0.39, 0.29) is 6.10 Å². The second-order valence-corrected chi connectivity index (χ2v) is 3.45. The third-order valence-electron chi connectivity index (χ3n) is 2.04. The summed E-state index contributed by atoms with van der Waals surface area (Å²) < 4.78 is 0. The molecule has 0 saturated heterocycles. The monoisotopic (exact) mass is 156 g/mol. The first kappa shape index (κ1) is 10.7. The van der Waals surface area contributed by atoms with Crippen molar-refractivity contribution in [3.63, 3.8) is 0 Å². The third-order valence-corrected chi connectivity index (χ3v) is 2.04. The van der Waals surface area contributed by atoms with Gasteiger partial charge in [-0.1, -0.05) is 32.4 Å². The van der Waals surface area contributed by atoms with Crippen LogP contribution in [-0.2, 0) is 0 Å². The fourth-order valence-corrected chi connectivity index (χ4v) is 0.738. The van der Waals surface area contributed by atoms with E-state index >= 15 is 0 Å². The number of rotatable bonds is 4. The average Bonchev–Trinajstić information content (AvgIpc) is 1.99. The van der Waals surface area contributed by atoms with Crippen LogP contribution in [0.1, 0.15) is 40.5 Å². The van der Waals surface area contributed by atoms with Gasteiger partial charge in [0.2, 0.25) is 0 Å². The first-order valence-electron chi connectivity index (χ1n) is 4.41. The second-order valence-electron chi connectivity index (χ2n) is 3.45. The molecule has 0 rings (SSSR count). The van der Waals surface area contributed by atoms with E-state index in [4.69, 9.17) is 0 Å². The lowest BCUT2D eigenvalue weighted by atomic mass is 10.0. The van der Waals surface area contributed by atoms with Gasteiger partial charge in [-0.05, 0) is 25.7 Å². The minimum absolute atomic E-state index is 0.170. The molecule has 0 fully saturated rings. The number of aliphatic hydroxyl groups is 1. The molecule has 0 saturated carbocycles. The Morgan fingerprint density at radius 3 is 2.36 bits per heavy atom. The van der Waals surface area contributed by atoms with E-state index < -0.39 is 0 Å². The Morgan fingerprint density at radius 1 is 1.45 bits per heavy atom. The Hall–Kier alpha value is -0.300. The van der Waals surface area contributed by atoms with E-state index in [1.807, 2.05) is 13.8 Å². The molecule has 0 bridgehead atoms. The first-order valence-corrected chi connectivity index (χ1v) is 4.41. The molecule has 1 nitrogen and oxygen atoms in total. The molecule has 1 unspecified atom stereocenters. The predicted octanol–water partition coefficient (Wildman–Crippen LogP) is 2.75. The lowest BCUT2D eigenvalue weighted by molar-refractivity contribution is 0.128. The van der Waals surface area contributed by atoms with Gasteiger partial charge in [0.25, 0.3) is 0 Å². The maximum Gasteiger partial charge on any atom is 0.0597 e. The topological polar surface area (TPSA) is 20.2 Å². The summed E-state index contributed by atoms with van der Waals surface area (Å²) in [6, 6.07) is 0. The highest BCUT2D eigenvalue weighted by molar-refractivity contribution is 4.97. The molecule has 0 amide bonds. The molecule has 66 valence electrons. The standard InChI is InChI=1S/C10H20O/c1-5-9(4)6-7-10(11)8(2)3/h6,8,10-11H,5,7H2,1-4H3. The van der Waals surface area contributed by atoms with Crippen LogP contribution < -0.4 is 0 Å². The number of hydrogen-bond acceptors (Lipinski definition) is 1. The highest BCUT2D eigenvalue weighted by Crippen LogP contribution is 2.08. The SMILES string of the molecule is CCC(C)=CCC(O)C(C)C. The van der Waals surface area contributed by atoms with Crippen LogP contribution in [0.15, 0.2) is 11.6 Å². The maximum absolute atomic E-state index is 9.43. The van der Waals surface area contributed by atoms with Gasteiger partial charge >= 0.3 is 0 Å². The normalized spacial score (nSPS) is 15.6. The van der Waals surface area contributed by atoms with Gasteiger partial charge < -0.3 is 5.11 Å². The van der Waals surface area contributed by atoms with Gasteiger partial charge in [-0.15, -0.1) is 0 Å². The van der Waals surface area contributed by atoms with Gasteiger partial charge in [-0.25, -0.2) is 0 Å². The molecule has 0 aromatic rings. The number of allylic oxidation sites excluding steroid dienone is 1. The lowest BCUT2D eigenvalue weighted by Crippen LogP contribution is -2.13. The van der Waals surface area contributed by atoms with Crippen LogP contribution in [0.2, 0.25) is 0 Å². The molecule has 0 aliphatic rings. The smallest absolute Gasteiger partial charge is 0.0597 e. The summed E-state index contributed by atoms with van der Waals surface area (Å²) >= 11 is 0. The number of hydrogen-bond donors (Lipinski definition) is 1. The van der Waals surface area contributed by atoms with Crippen molar-refractivity contribution in [2.45, 2.75) is 46.6 Å². The summed E-state index contributed by atoms with van der Waals surface area (Å²) in [6.45, 7) is 8.32. The Labute approximate surface area is 70.1 Å². The van der Waals surface area contributed by atoms with Crippen molar-refractivity contribution in [3.05, 3.63) is 11.6 Å². The van der Waals surface area contributed by atoms with E-state index in [1.54, 1.807) is 0 Å². The average molecular weight is 156 g/mol. The van der Waals surface area contributed by atoms with E-state index in [0.717, 1.165) is 12.8 Å². The molecule has 0 heterocycles. The molecule has 1 N–H and O–H groups in total. The Kier molecular flexibility index (Phi) is 5.22. The van der Waals surface area contributed by atoms with Crippen molar-refractivity contribution in [1.82, 2.24) is 0 Å². The van der Waals surface area contributed by atoms with Crippen LogP contribution in [0.3, 0.4) is 0 Å². The predicted molar refractivity (Wildman–Crippen MR) is 49.5 cm³/mol. The van der Waals surface area contributed by atoms with E-state index in [1.165, 1.54) is 5.57 Å². The van der Waals surface area contributed by atoms with Crippen molar-refractivity contribution in [2.75, 3.05) is 0 Å². The minimum atomic E-state index is -0.170. The van der Waals surface area contributed by atoms with Crippen molar-refractivity contribution < 1.29 is 5.11 Å². The van der Waals surface area contributed by atoms with E-state index in [9.17, 15) is 5.11 Å². The maximum atomic E-state index is 9.43. The third kappa shape index (κ3) is 5.02. The van der Waals surface area contributed by atoms with Crippen LogP contribution in [0.4, 0.5) is 0 Å². The Morgan fingerprint density at radius 2 is 2.00 bits per heavy atom. The molecule has 0 radical (unpaired) electrons. The van der Waals surface area contributed by atoms with Gasteiger partial charge in [0.1, 0.15) is 0 Å². The van der Waals surface area contributed by atoms with Gasteiger partial charge in [-0.2, -0.15) is 0 Å². The molecule has 11 heavy (non-hydrogen) atoms. The molecule has 0 spiro atoms. The van der Waals surface area contributed by atoms with Gasteiger partial charge in [0.15, 0.2) is 0 Å². The summed E-state index contributed by atoms with van der Waals surface area (Å²) in [7, 11) is 0. The largest absolute Gasteiger partial charge is 0.393 e. The van der Waals surface area contributed by atoms with Crippen molar-refractivity contribution in [2.24, 2.45) is 5.92 Å². The Bertz CT molecular complexity index is 125.